The minimum Gasteiger partial charge on any atom is -0.465 e. The minimum absolute atomic E-state index is 0.603. The molecule has 1 aromatic rings. The van der Waals surface area contributed by atoms with E-state index in [0.29, 0.717) is 11.3 Å². The summed E-state index contributed by atoms with van der Waals surface area (Å²) in [6, 6.07) is 9.18. The first-order chi connectivity index (χ1) is 9.72. The van der Waals surface area contributed by atoms with Crippen LogP contribution in [0, 0.1) is 5.92 Å². The highest BCUT2D eigenvalue weighted by Gasteiger charge is 2.27. The summed E-state index contributed by atoms with van der Waals surface area (Å²) in [7, 11) is 1.19. The van der Waals surface area contributed by atoms with Gasteiger partial charge in [0.25, 0.3) is 5.78 Å². The van der Waals surface area contributed by atoms with E-state index in [9.17, 15) is 9.59 Å². The Kier molecular flexibility index (Phi) is 4.50. The van der Waals surface area contributed by atoms with Gasteiger partial charge >= 0.3 is 5.97 Å². The summed E-state index contributed by atoms with van der Waals surface area (Å²) in [6.07, 6.45) is 8.33. The van der Waals surface area contributed by atoms with Crippen molar-refractivity contribution < 1.29 is 19.1 Å². The number of esters is 1. The van der Waals surface area contributed by atoms with Crippen LogP contribution in [0.5, 0.6) is 5.75 Å². The third kappa shape index (κ3) is 3.23. The van der Waals surface area contributed by atoms with E-state index < -0.39 is 17.7 Å². The van der Waals surface area contributed by atoms with Gasteiger partial charge in [-0.3, -0.25) is 4.79 Å². The van der Waals surface area contributed by atoms with E-state index in [-0.39, 0.29) is 0 Å². The molecule has 1 aliphatic rings. The van der Waals surface area contributed by atoms with Crippen molar-refractivity contribution in [3.63, 3.8) is 0 Å². The largest absolute Gasteiger partial charge is 0.465 e. The van der Waals surface area contributed by atoms with Crippen LogP contribution in [0.15, 0.2) is 66.5 Å². The molecule has 0 spiro atoms. The van der Waals surface area contributed by atoms with Crippen LogP contribution >= 0.6 is 0 Å². The van der Waals surface area contributed by atoms with E-state index in [1.165, 1.54) is 13.4 Å². The molecule has 0 N–H and O–H groups in total. The molecule has 0 radical (unpaired) electrons. The quantitative estimate of drug-likeness (QED) is 0.479. The number of hydrogen-bond acceptors (Lipinski definition) is 4. The molecule has 102 valence electrons. The molecule has 1 aliphatic carbocycles. The molecule has 0 amide bonds. The first kappa shape index (κ1) is 13.8. The first-order valence-corrected chi connectivity index (χ1v) is 6.11. The fourth-order valence-electron chi connectivity index (χ4n) is 1.77. The molecule has 0 fully saturated rings. The normalized spacial score (nSPS) is 18.9. The number of Topliss-reactive ketones (excluding diaryl/α,β-unsaturated/α-hetero) is 1. The topological polar surface area (TPSA) is 52.6 Å². The second-order valence-electron chi connectivity index (χ2n) is 4.13. The van der Waals surface area contributed by atoms with Crippen LogP contribution in [0.4, 0.5) is 0 Å². The number of para-hydroxylation sites is 1. The number of carbonyl (C=O) groups excluding carboxylic acids is 2. The van der Waals surface area contributed by atoms with Crippen molar-refractivity contribution in [2.75, 3.05) is 7.11 Å². The second-order valence-corrected chi connectivity index (χ2v) is 4.13. The van der Waals surface area contributed by atoms with Gasteiger partial charge in [0.1, 0.15) is 5.75 Å². The molecule has 0 heterocycles. The minimum atomic E-state index is -0.861. The Morgan fingerprint density at radius 1 is 1.15 bits per heavy atom. The Labute approximate surface area is 117 Å². The summed E-state index contributed by atoms with van der Waals surface area (Å²) in [5.41, 5.74) is 0.603. The fourth-order valence-corrected chi connectivity index (χ4v) is 1.77. The predicted octanol–water partition coefficient (Wildman–Crippen LogP) is 2.43. The van der Waals surface area contributed by atoms with Crippen molar-refractivity contribution in [3.05, 3.63) is 66.5 Å². The highest BCUT2D eigenvalue weighted by molar-refractivity contribution is 6.35. The van der Waals surface area contributed by atoms with Gasteiger partial charge in [-0.05, 0) is 12.1 Å². The third-order valence-electron chi connectivity index (χ3n) is 2.81. The molecule has 20 heavy (non-hydrogen) atoms. The van der Waals surface area contributed by atoms with Crippen LogP contribution in [0.2, 0.25) is 0 Å². The smallest absolute Gasteiger partial charge is 0.375 e. The van der Waals surface area contributed by atoms with E-state index in [4.69, 9.17) is 4.74 Å². The summed E-state index contributed by atoms with van der Waals surface area (Å²) >= 11 is 0. The number of ether oxygens (including phenoxy) is 2. The van der Waals surface area contributed by atoms with E-state index in [0.717, 1.165) is 0 Å². The maximum atomic E-state index is 11.9. The van der Waals surface area contributed by atoms with Crippen molar-refractivity contribution in [2.24, 2.45) is 5.92 Å². The lowest BCUT2D eigenvalue weighted by atomic mass is 9.91. The number of rotatable bonds is 4. The number of benzene rings is 1. The standard InChI is InChI=1S/C16H14O4/c1-19-16(18)15(17)14-10-6-5-7-12(14)11-20-13-8-3-2-4-9-13/h2-11,14H,1H3. The molecule has 1 atom stereocenters. The summed E-state index contributed by atoms with van der Waals surface area (Å²) in [5, 5.41) is 0. The maximum Gasteiger partial charge on any atom is 0.375 e. The molecule has 1 aromatic carbocycles. The van der Waals surface area contributed by atoms with E-state index in [1.54, 1.807) is 36.4 Å². The van der Waals surface area contributed by atoms with E-state index in [2.05, 4.69) is 4.74 Å². The molecular weight excluding hydrogens is 256 g/mol. The summed E-state index contributed by atoms with van der Waals surface area (Å²) in [5.74, 6) is -1.49. The average molecular weight is 270 g/mol. The zero-order valence-corrected chi connectivity index (χ0v) is 11.0. The molecule has 0 saturated carbocycles. The van der Waals surface area contributed by atoms with E-state index >= 15 is 0 Å². The van der Waals surface area contributed by atoms with Crippen LogP contribution < -0.4 is 4.74 Å². The van der Waals surface area contributed by atoms with Gasteiger partial charge in [-0.15, -0.1) is 0 Å². The Balaban J connectivity index is 2.16. The van der Waals surface area contributed by atoms with Crippen molar-refractivity contribution >= 4 is 11.8 Å². The Morgan fingerprint density at radius 2 is 1.90 bits per heavy atom. The SMILES string of the molecule is COC(=O)C(=O)C1C=CC=CC1=COc1ccccc1. The number of hydrogen-bond donors (Lipinski definition) is 0. The first-order valence-electron chi connectivity index (χ1n) is 6.11. The lowest BCUT2D eigenvalue weighted by Gasteiger charge is -2.14. The van der Waals surface area contributed by atoms with Crippen LogP contribution in [-0.4, -0.2) is 18.9 Å². The fraction of sp³-hybridized carbons (Fsp3) is 0.125. The van der Waals surface area contributed by atoms with Gasteiger partial charge in [-0.1, -0.05) is 42.5 Å². The van der Waals surface area contributed by atoms with Crippen LogP contribution in [-0.2, 0) is 14.3 Å². The highest BCUT2D eigenvalue weighted by Crippen LogP contribution is 2.21. The lowest BCUT2D eigenvalue weighted by Crippen LogP contribution is -2.25. The molecule has 2 rings (SSSR count). The Hall–Kier alpha value is -2.62. The number of methoxy groups -OCH3 is 1. The van der Waals surface area contributed by atoms with Crippen molar-refractivity contribution in [1.82, 2.24) is 0 Å². The monoisotopic (exact) mass is 270 g/mol. The molecular formula is C16H14O4. The molecule has 0 bridgehead atoms. The van der Waals surface area contributed by atoms with Gasteiger partial charge in [0, 0.05) is 5.57 Å². The van der Waals surface area contributed by atoms with Crippen LogP contribution in [0.3, 0.4) is 0 Å². The van der Waals surface area contributed by atoms with Gasteiger partial charge in [-0.2, -0.15) is 0 Å². The molecule has 0 aliphatic heterocycles. The summed E-state index contributed by atoms with van der Waals surface area (Å²) in [4.78, 5) is 23.2. The third-order valence-corrected chi connectivity index (χ3v) is 2.81. The Morgan fingerprint density at radius 3 is 2.60 bits per heavy atom. The zero-order chi connectivity index (χ0) is 14.4. The van der Waals surface area contributed by atoms with Gasteiger partial charge in [0.05, 0.1) is 19.3 Å². The van der Waals surface area contributed by atoms with Crippen molar-refractivity contribution in [2.45, 2.75) is 0 Å². The van der Waals surface area contributed by atoms with Gasteiger partial charge in [0.15, 0.2) is 0 Å². The van der Waals surface area contributed by atoms with Gasteiger partial charge < -0.3 is 9.47 Å². The number of allylic oxidation sites excluding steroid dienone is 5. The lowest BCUT2D eigenvalue weighted by molar-refractivity contribution is -0.152. The number of carbonyl (C=O) groups is 2. The molecule has 4 nitrogen and oxygen atoms in total. The van der Waals surface area contributed by atoms with Gasteiger partial charge in [0.2, 0.25) is 0 Å². The highest BCUT2D eigenvalue weighted by atomic mass is 16.5. The van der Waals surface area contributed by atoms with Crippen molar-refractivity contribution in [1.29, 1.82) is 0 Å². The average Bonchev–Trinajstić information content (AvgIpc) is 2.52. The summed E-state index contributed by atoms with van der Waals surface area (Å²) in [6.45, 7) is 0. The molecule has 1 unspecified atom stereocenters. The predicted molar refractivity (Wildman–Crippen MR) is 73.9 cm³/mol. The molecule has 0 aromatic heterocycles. The Bertz CT molecular complexity index is 582. The van der Waals surface area contributed by atoms with Gasteiger partial charge in [-0.25, -0.2) is 4.79 Å². The molecule has 4 heteroatoms. The second kappa shape index (κ2) is 6.52. The zero-order valence-electron chi connectivity index (χ0n) is 11.0. The summed E-state index contributed by atoms with van der Waals surface area (Å²) < 4.78 is 9.95. The number of ketones is 1. The van der Waals surface area contributed by atoms with Crippen molar-refractivity contribution in [3.8, 4) is 5.75 Å². The van der Waals surface area contributed by atoms with Crippen LogP contribution in [0.1, 0.15) is 0 Å². The maximum absolute atomic E-state index is 11.9. The van der Waals surface area contributed by atoms with Crippen LogP contribution in [0.25, 0.3) is 0 Å². The molecule has 0 saturated heterocycles. The van der Waals surface area contributed by atoms with E-state index in [1.807, 2.05) is 18.2 Å².